The highest BCUT2D eigenvalue weighted by molar-refractivity contribution is 5.81. The molecule has 4 rings (SSSR count). The SMILES string of the molecule is c1ccc2c(C3CCN(CCC4CCCCC4)CC3)coc2c1. The van der Waals surface area contributed by atoms with E-state index in [2.05, 4.69) is 29.2 Å². The van der Waals surface area contributed by atoms with E-state index in [4.69, 9.17) is 4.42 Å². The lowest BCUT2D eigenvalue weighted by atomic mass is 9.86. The number of para-hydroxylation sites is 1. The molecule has 1 aliphatic carbocycles. The van der Waals surface area contributed by atoms with Gasteiger partial charge in [-0.3, -0.25) is 0 Å². The number of rotatable bonds is 4. The first-order chi connectivity index (χ1) is 11.4. The quantitative estimate of drug-likeness (QED) is 0.732. The van der Waals surface area contributed by atoms with Crippen LogP contribution in [0.2, 0.25) is 0 Å². The van der Waals surface area contributed by atoms with Gasteiger partial charge >= 0.3 is 0 Å². The van der Waals surface area contributed by atoms with E-state index in [-0.39, 0.29) is 0 Å². The van der Waals surface area contributed by atoms with E-state index < -0.39 is 0 Å². The van der Waals surface area contributed by atoms with E-state index in [1.54, 1.807) is 0 Å². The third-order valence-corrected chi connectivity index (χ3v) is 6.12. The lowest BCUT2D eigenvalue weighted by Crippen LogP contribution is -2.34. The lowest BCUT2D eigenvalue weighted by molar-refractivity contribution is 0.189. The van der Waals surface area contributed by atoms with Crippen molar-refractivity contribution in [1.29, 1.82) is 0 Å². The van der Waals surface area contributed by atoms with Gasteiger partial charge < -0.3 is 9.32 Å². The normalized spacial score (nSPS) is 21.9. The molecule has 1 aliphatic heterocycles. The Morgan fingerprint density at radius 3 is 2.57 bits per heavy atom. The predicted molar refractivity (Wildman–Crippen MR) is 95.8 cm³/mol. The highest BCUT2D eigenvalue weighted by atomic mass is 16.3. The molecule has 0 atom stereocenters. The minimum atomic E-state index is 0.685. The molecule has 0 amide bonds. The van der Waals surface area contributed by atoms with Gasteiger partial charge in [-0.15, -0.1) is 0 Å². The molecule has 0 N–H and O–H groups in total. The van der Waals surface area contributed by atoms with Crippen LogP contribution in [0.5, 0.6) is 0 Å². The van der Waals surface area contributed by atoms with E-state index in [0.717, 1.165) is 11.5 Å². The summed E-state index contributed by atoms with van der Waals surface area (Å²) >= 11 is 0. The number of piperidine rings is 1. The van der Waals surface area contributed by atoms with E-state index in [1.165, 1.54) is 82.0 Å². The molecule has 2 heterocycles. The number of benzene rings is 1. The summed E-state index contributed by atoms with van der Waals surface area (Å²) < 4.78 is 5.74. The van der Waals surface area contributed by atoms with E-state index in [1.807, 2.05) is 6.26 Å². The molecular weight excluding hydrogens is 282 g/mol. The van der Waals surface area contributed by atoms with Crippen molar-refractivity contribution >= 4 is 11.0 Å². The molecule has 0 bridgehead atoms. The Morgan fingerprint density at radius 1 is 0.957 bits per heavy atom. The summed E-state index contributed by atoms with van der Waals surface area (Å²) in [6.45, 7) is 3.84. The molecule has 23 heavy (non-hydrogen) atoms. The monoisotopic (exact) mass is 311 g/mol. The zero-order chi connectivity index (χ0) is 15.5. The zero-order valence-electron chi connectivity index (χ0n) is 14.2. The first-order valence-corrected chi connectivity index (χ1v) is 9.58. The third kappa shape index (κ3) is 3.47. The molecule has 2 aliphatic rings. The van der Waals surface area contributed by atoms with Crippen LogP contribution in [-0.4, -0.2) is 24.5 Å². The first-order valence-electron chi connectivity index (χ1n) is 9.58. The molecule has 2 nitrogen and oxygen atoms in total. The number of hydrogen-bond donors (Lipinski definition) is 0. The number of likely N-dealkylation sites (tertiary alicyclic amines) is 1. The molecule has 1 aromatic carbocycles. The van der Waals surface area contributed by atoms with Crippen molar-refractivity contribution in [3.63, 3.8) is 0 Å². The standard InChI is InChI=1S/C21H29NO/c1-2-6-17(7-3-1)10-13-22-14-11-18(12-15-22)20-16-23-21-9-5-4-8-19(20)21/h4-5,8-9,16-18H,1-3,6-7,10-15H2. The van der Waals surface area contributed by atoms with Crippen molar-refractivity contribution in [3.8, 4) is 0 Å². The van der Waals surface area contributed by atoms with Gasteiger partial charge in [0.05, 0.1) is 6.26 Å². The van der Waals surface area contributed by atoms with Crippen molar-refractivity contribution in [2.24, 2.45) is 5.92 Å². The van der Waals surface area contributed by atoms with Gasteiger partial charge in [0.15, 0.2) is 0 Å². The number of hydrogen-bond acceptors (Lipinski definition) is 2. The van der Waals surface area contributed by atoms with Crippen LogP contribution in [0, 0.1) is 5.92 Å². The summed E-state index contributed by atoms with van der Waals surface area (Å²) in [6, 6.07) is 8.48. The van der Waals surface area contributed by atoms with Gasteiger partial charge in [0.25, 0.3) is 0 Å². The average Bonchev–Trinajstić information content (AvgIpc) is 3.05. The zero-order valence-corrected chi connectivity index (χ0v) is 14.2. The van der Waals surface area contributed by atoms with Crippen molar-refractivity contribution in [1.82, 2.24) is 4.90 Å². The fraction of sp³-hybridized carbons (Fsp3) is 0.619. The molecule has 0 spiro atoms. The van der Waals surface area contributed by atoms with Crippen LogP contribution in [0.3, 0.4) is 0 Å². The van der Waals surface area contributed by atoms with Gasteiger partial charge in [-0.25, -0.2) is 0 Å². The average molecular weight is 311 g/mol. The number of nitrogens with zero attached hydrogens (tertiary/aromatic N) is 1. The summed E-state index contributed by atoms with van der Waals surface area (Å²) in [6.07, 6.45) is 13.4. The maximum atomic E-state index is 5.74. The molecule has 1 aromatic heterocycles. The van der Waals surface area contributed by atoms with Crippen LogP contribution in [-0.2, 0) is 0 Å². The van der Waals surface area contributed by atoms with E-state index in [0.29, 0.717) is 5.92 Å². The summed E-state index contributed by atoms with van der Waals surface area (Å²) in [7, 11) is 0. The van der Waals surface area contributed by atoms with Crippen molar-refractivity contribution < 1.29 is 4.42 Å². The number of fused-ring (bicyclic) bond motifs is 1. The van der Waals surface area contributed by atoms with Gasteiger partial charge in [-0.1, -0.05) is 50.3 Å². The maximum absolute atomic E-state index is 5.74. The molecule has 1 saturated heterocycles. The van der Waals surface area contributed by atoms with Crippen molar-refractivity contribution in [2.45, 2.75) is 57.3 Å². The smallest absolute Gasteiger partial charge is 0.134 e. The van der Waals surface area contributed by atoms with Crippen LogP contribution >= 0.6 is 0 Å². The highest BCUT2D eigenvalue weighted by Gasteiger charge is 2.24. The van der Waals surface area contributed by atoms with Crippen LogP contribution < -0.4 is 0 Å². The van der Waals surface area contributed by atoms with E-state index in [9.17, 15) is 0 Å². The topological polar surface area (TPSA) is 16.4 Å². The molecule has 2 heteroatoms. The highest BCUT2D eigenvalue weighted by Crippen LogP contribution is 2.34. The van der Waals surface area contributed by atoms with E-state index >= 15 is 0 Å². The fourth-order valence-electron chi connectivity index (χ4n) is 4.62. The lowest BCUT2D eigenvalue weighted by Gasteiger charge is -2.33. The molecule has 0 unspecified atom stereocenters. The summed E-state index contributed by atoms with van der Waals surface area (Å²) in [5.74, 6) is 1.70. The molecule has 2 fully saturated rings. The first kappa shape index (κ1) is 15.3. The van der Waals surface area contributed by atoms with Crippen molar-refractivity contribution in [2.75, 3.05) is 19.6 Å². The molecular formula is C21H29NO. The summed E-state index contributed by atoms with van der Waals surface area (Å²) in [4.78, 5) is 2.70. The summed E-state index contributed by atoms with van der Waals surface area (Å²) in [5, 5.41) is 1.33. The Hall–Kier alpha value is -1.28. The minimum Gasteiger partial charge on any atom is -0.464 e. The maximum Gasteiger partial charge on any atom is 0.134 e. The van der Waals surface area contributed by atoms with Gasteiger partial charge in [-0.2, -0.15) is 0 Å². The van der Waals surface area contributed by atoms with Gasteiger partial charge in [-0.05, 0) is 56.8 Å². The second-order valence-corrected chi connectivity index (χ2v) is 7.60. The summed E-state index contributed by atoms with van der Waals surface area (Å²) in [5.41, 5.74) is 2.48. The molecule has 0 radical (unpaired) electrons. The third-order valence-electron chi connectivity index (χ3n) is 6.12. The van der Waals surface area contributed by atoms with Gasteiger partial charge in [0, 0.05) is 10.9 Å². The Bertz CT molecular complexity index is 618. The minimum absolute atomic E-state index is 0.685. The largest absolute Gasteiger partial charge is 0.464 e. The Morgan fingerprint density at radius 2 is 1.74 bits per heavy atom. The molecule has 2 aromatic rings. The van der Waals surface area contributed by atoms with Crippen LogP contribution in [0.4, 0.5) is 0 Å². The fourth-order valence-corrected chi connectivity index (χ4v) is 4.62. The number of furan rings is 1. The van der Waals surface area contributed by atoms with Gasteiger partial charge in [0.1, 0.15) is 5.58 Å². The molecule has 1 saturated carbocycles. The van der Waals surface area contributed by atoms with Gasteiger partial charge in [0.2, 0.25) is 0 Å². The Kier molecular flexibility index (Phi) is 4.70. The predicted octanol–water partition coefficient (Wildman–Crippen LogP) is 5.58. The molecule has 124 valence electrons. The Balaban J connectivity index is 1.30. The van der Waals surface area contributed by atoms with Crippen LogP contribution in [0.1, 0.15) is 62.8 Å². The second kappa shape index (κ2) is 7.09. The Labute approximate surface area is 139 Å². The van der Waals surface area contributed by atoms with Crippen LogP contribution in [0.25, 0.3) is 11.0 Å². The van der Waals surface area contributed by atoms with Crippen molar-refractivity contribution in [3.05, 3.63) is 36.1 Å². The van der Waals surface area contributed by atoms with Crippen LogP contribution in [0.15, 0.2) is 34.9 Å². The second-order valence-electron chi connectivity index (χ2n) is 7.60.